The Balaban J connectivity index is 1.43. The van der Waals surface area contributed by atoms with Gasteiger partial charge in [-0.05, 0) is 44.0 Å². The van der Waals surface area contributed by atoms with E-state index in [0.29, 0.717) is 53.6 Å². The van der Waals surface area contributed by atoms with Crippen molar-refractivity contribution in [3.05, 3.63) is 71.9 Å². The smallest absolute Gasteiger partial charge is 0.317 e. The van der Waals surface area contributed by atoms with Crippen molar-refractivity contribution in [3.8, 4) is 17.3 Å². The molecular weight excluding hydrogens is 482 g/mol. The molecule has 38 heavy (non-hydrogen) atoms. The van der Waals surface area contributed by atoms with E-state index in [4.69, 9.17) is 16.0 Å². The van der Waals surface area contributed by atoms with Gasteiger partial charge in [0.05, 0.1) is 11.6 Å². The zero-order valence-corrected chi connectivity index (χ0v) is 20.9. The van der Waals surface area contributed by atoms with Gasteiger partial charge in [0, 0.05) is 55.3 Å². The number of nitrogens with zero attached hydrogens (tertiary/aromatic N) is 6. The molecule has 4 aromatic rings. The number of imidazole rings is 1. The first-order valence-electron chi connectivity index (χ1n) is 12.4. The van der Waals surface area contributed by atoms with Gasteiger partial charge in [0.1, 0.15) is 28.7 Å². The summed E-state index contributed by atoms with van der Waals surface area (Å²) in [6, 6.07) is 12.1. The lowest BCUT2D eigenvalue weighted by atomic mass is 9.97. The molecule has 1 aromatic carbocycles. The molecule has 1 atom stereocenters. The number of likely N-dealkylation sites (tertiary alicyclic amines) is 1. The Hall–Kier alpha value is -4.98. The van der Waals surface area contributed by atoms with Crippen LogP contribution >= 0.6 is 0 Å². The number of nitrogen functional groups attached to an aromatic ring is 1. The Morgan fingerprint density at radius 2 is 2.00 bits per heavy atom. The van der Waals surface area contributed by atoms with Crippen molar-refractivity contribution >= 4 is 29.1 Å². The van der Waals surface area contributed by atoms with Gasteiger partial charge in [0.2, 0.25) is 0 Å². The van der Waals surface area contributed by atoms with Crippen LogP contribution in [0.4, 0.5) is 16.4 Å². The standard InChI is InChI=1S/C27H27N9O2/c1-2-30-27(38)35-12-3-4-20(16-35)25-34-22(23-24(29)32-11-13-36(23)25)18-5-7-19(8-6-18)26(37)33-21-14-17(15-28)9-10-31-21/h5-11,13-14,20H,2-4,12,16H2,1H3,(H2,29,32)(H,30,38)(H,31,33,37)/t20-/m1/s1. The van der Waals surface area contributed by atoms with Crippen LogP contribution in [0.1, 0.15) is 47.4 Å². The van der Waals surface area contributed by atoms with Crippen LogP contribution in [0.5, 0.6) is 0 Å². The van der Waals surface area contributed by atoms with Gasteiger partial charge >= 0.3 is 6.03 Å². The summed E-state index contributed by atoms with van der Waals surface area (Å²) in [4.78, 5) is 40.4. The fourth-order valence-corrected chi connectivity index (χ4v) is 4.75. The number of fused-ring (bicyclic) bond motifs is 1. The Bertz CT molecular complexity index is 1540. The van der Waals surface area contributed by atoms with Gasteiger partial charge in [-0.1, -0.05) is 12.1 Å². The van der Waals surface area contributed by atoms with Crippen LogP contribution in [0.2, 0.25) is 0 Å². The van der Waals surface area contributed by atoms with Gasteiger partial charge in [-0.15, -0.1) is 0 Å². The first-order valence-corrected chi connectivity index (χ1v) is 12.4. The van der Waals surface area contributed by atoms with E-state index in [1.54, 1.807) is 24.4 Å². The normalized spacial score (nSPS) is 15.2. The quantitative estimate of drug-likeness (QED) is 0.372. The van der Waals surface area contributed by atoms with Crippen molar-refractivity contribution in [2.75, 3.05) is 30.7 Å². The number of pyridine rings is 1. The van der Waals surface area contributed by atoms with E-state index in [-0.39, 0.29) is 17.9 Å². The zero-order chi connectivity index (χ0) is 26.6. The van der Waals surface area contributed by atoms with Gasteiger partial charge in [0.15, 0.2) is 0 Å². The fraction of sp³-hybridized carbons (Fsp3) is 0.259. The number of rotatable bonds is 5. The number of amides is 3. The van der Waals surface area contributed by atoms with Crippen LogP contribution in [-0.2, 0) is 0 Å². The second-order valence-corrected chi connectivity index (χ2v) is 9.04. The van der Waals surface area contributed by atoms with Gasteiger partial charge in [-0.2, -0.15) is 5.26 Å². The van der Waals surface area contributed by atoms with Crippen LogP contribution in [-0.4, -0.2) is 55.8 Å². The summed E-state index contributed by atoms with van der Waals surface area (Å²) in [6.07, 6.45) is 6.73. The Labute approximate surface area is 219 Å². The summed E-state index contributed by atoms with van der Waals surface area (Å²) >= 11 is 0. The molecule has 0 unspecified atom stereocenters. The van der Waals surface area contributed by atoms with Crippen molar-refractivity contribution in [2.45, 2.75) is 25.7 Å². The van der Waals surface area contributed by atoms with E-state index in [0.717, 1.165) is 24.2 Å². The molecular formula is C27H27N9O2. The van der Waals surface area contributed by atoms with Gasteiger partial charge in [-0.3, -0.25) is 9.20 Å². The highest BCUT2D eigenvalue weighted by molar-refractivity contribution is 6.04. The molecule has 0 bridgehead atoms. The molecule has 1 fully saturated rings. The minimum Gasteiger partial charge on any atom is -0.382 e. The second kappa shape index (κ2) is 10.6. The highest BCUT2D eigenvalue weighted by Gasteiger charge is 2.29. The molecule has 3 aromatic heterocycles. The van der Waals surface area contributed by atoms with Gasteiger partial charge in [0.25, 0.3) is 5.91 Å². The number of hydrogen-bond acceptors (Lipinski definition) is 7. The van der Waals surface area contributed by atoms with Crippen molar-refractivity contribution in [1.29, 1.82) is 5.26 Å². The molecule has 5 rings (SSSR count). The Morgan fingerprint density at radius 1 is 1.18 bits per heavy atom. The molecule has 192 valence electrons. The van der Waals surface area contributed by atoms with Crippen LogP contribution in [0, 0.1) is 11.3 Å². The number of nitrogens with one attached hydrogen (secondary N) is 2. The molecule has 11 heteroatoms. The van der Waals surface area contributed by atoms with Crippen LogP contribution in [0.3, 0.4) is 0 Å². The van der Waals surface area contributed by atoms with E-state index >= 15 is 0 Å². The first-order chi connectivity index (χ1) is 18.5. The van der Waals surface area contributed by atoms with Crippen LogP contribution in [0.15, 0.2) is 55.0 Å². The number of hydrogen-bond donors (Lipinski definition) is 3. The third-order valence-corrected chi connectivity index (χ3v) is 6.56. The van der Waals surface area contributed by atoms with Crippen molar-refractivity contribution in [2.24, 2.45) is 0 Å². The molecule has 1 saturated heterocycles. The maximum absolute atomic E-state index is 12.7. The number of nitriles is 1. The molecule has 1 aliphatic rings. The van der Waals surface area contributed by atoms with Crippen LogP contribution in [0.25, 0.3) is 16.8 Å². The summed E-state index contributed by atoms with van der Waals surface area (Å²) in [6.45, 7) is 3.76. The fourth-order valence-electron chi connectivity index (χ4n) is 4.75. The van der Waals surface area contributed by atoms with Crippen LogP contribution < -0.4 is 16.4 Å². The predicted octanol–water partition coefficient (Wildman–Crippen LogP) is 3.41. The lowest BCUT2D eigenvalue weighted by molar-refractivity contribution is 0.102. The number of nitrogens with two attached hydrogens (primary N) is 1. The summed E-state index contributed by atoms with van der Waals surface area (Å²) in [5, 5.41) is 14.6. The highest BCUT2D eigenvalue weighted by Crippen LogP contribution is 2.34. The molecule has 0 radical (unpaired) electrons. The van der Waals surface area contributed by atoms with Gasteiger partial charge < -0.3 is 21.3 Å². The predicted molar refractivity (Wildman–Crippen MR) is 142 cm³/mol. The minimum atomic E-state index is -0.344. The number of anilines is 2. The Kier molecular flexibility index (Phi) is 6.86. The van der Waals surface area contributed by atoms with E-state index < -0.39 is 0 Å². The lowest BCUT2D eigenvalue weighted by Gasteiger charge is -2.32. The first kappa shape index (κ1) is 24.7. The topological polar surface area (TPSA) is 154 Å². The number of urea groups is 1. The molecule has 0 spiro atoms. The molecule has 11 nitrogen and oxygen atoms in total. The SMILES string of the molecule is CCNC(=O)N1CCC[C@@H](c2nc(-c3ccc(C(=O)Nc4cc(C#N)ccn4)cc3)c3c(N)nccn23)C1. The number of piperidine rings is 1. The summed E-state index contributed by atoms with van der Waals surface area (Å²) in [5.41, 5.74) is 9.27. The number of benzene rings is 1. The van der Waals surface area contributed by atoms with Crippen molar-refractivity contribution < 1.29 is 9.59 Å². The molecule has 4 heterocycles. The van der Waals surface area contributed by atoms with E-state index in [2.05, 4.69) is 20.6 Å². The monoisotopic (exact) mass is 509 g/mol. The van der Waals surface area contributed by atoms with E-state index in [9.17, 15) is 9.59 Å². The largest absolute Gasteiger partial charge is 0.382 e. The summed E-state index contributed by atoms with van der Waals surface area (Å²) < 4.78 is 1.96. The minimum absolute atomic E-state index is 0.0381. The second-order valence-electron chi connectivity index (χ2n) is 9.04. The zero-order valence-electron chi connectivity index (χ0n) is 20.9. The third kappa shape index (κ3) is 4.84. The highest BCUT2D eigenvalue weighted by atomic mass is 16.2. The molecule has 4 N–H and O–H groups in total. The maximum atomic E-state index is 12.7. The molecule has 1 aliphatic heterocycles. The summed E-state index contributed by atoms with van der Waals surface area (Å²) in [5.74, 6) is 1.17. The number of aromatic nitrogens is 4. The lowest BCUT2D eigenvalue weighted by Crippen LogP contribution is -2.45. The van der Waals surface area contributed by atoms with Crippen molar-refractivity contribution in [3.63, 3.8) is 0 Å². The number of carbonyl (C=O) groups is 2. The molecule has 0 saturated carbocycles. The summed E-state index contributed by atoms with van der Waals surface area (Å²) in [7, 11) is 0. The molecule has 0 aliphatic carbocycles. The maximum Gasteiger partial charge on any atom is 0.317 e. The number of carbonyl (C=O) groups excluding carboxylic acids is 2. The van der Waals surface area contributed by atoms with E-state index in [1.807, 2.05) is 40.6 Å². The Morgan fingerprint density at radius 3 is 2.76 bits per heavy atom. The average Bonchev–Trinajstić information content (AvgIpc) is 3.34. The average molecular weight is 510 g/mol. The van der Waals surface area contributed by atoms with Gasteiger partial charge in [-0.25, -0.2) is 19.7 Å². The van der Waals surface area contributed by atoms with Crippen molar-refractivity contribution in [1.82, 2.24) is 29.6 Å². The molecule has 3 amide bonds. The van der Waals surface area contributed by atoms with E-state index in [1.165, 1.54) is 12.3 Å². The third-order valence-electron chi connectivity index (χ3n) is 6.56.